The quantitative estimate of drug-likeness (QED) is 0.652. The van der Waals surface area contributed by atoms with E-state index < -0.39 is 0 Å². The molecule has 0 atom stereocenters. The first-order chi connectivity index (χ1) is 9.06. The third-order valence-corrected chi connectivity index (χ3v) is 3.10. The van der Waals surface area contributed by atoms with Crippen LogP contribution in [-0.2, 0) is 7.05 Å². The summed E-state index contributed by atoms with van der Waals surface area (Å²) in [5.74, 6) is -0.109. The number of pyridine rings is 1. The van der Waals surface area contributed by atoms with Crippen molar-refractivity contribution in [3.05, 3.63) is 28.6 Å². The Bertz CT molecular complexity index is 662. The molecule has 0 aliphatic rings. The fraction of sp³-hybridized carbons (Fsp3) is 0.357. The molecule has 0 fully saturated rings. The molecule has 5 heteroatoms. The predicted octanol–water partition coefficient (Wildman–Crippen LogP) is 2.01. The number of aromatic nitrogens is 1. The van der Waals surface area contributed by atoms with Crippen molar-refractivity contribution in [2.75, 3.05) is 12.3 Å². The maximum absolute atomic E-state index is 12.1. The summed E-state index contributed by atoms with van der Waals surface area (Å²) in [7, 11) is 1.64. The van der Waals surface area contributed by atoms with Crippen LogP contribution in [0.1, 0.15) is 19.8 Å². The van der Waals surface area contributed by atoms with E-state index in [1.54, 1.807) is 25.2 Å². The second-order valence-corrected chi connectivity index (χ2v) is 4.52. The van der Waals surface area contributed by atoms with E-state index in [1.807, 2.05) is 6.92 Å². The molecule has 19 heavy (non-hydrogen) atoms. The molecular formula is C14H18N2O3. The molecule has 1 aromatic heterocycles. The van der Waals surface area contributed by atoms with Crippen molar-refractivity contribution in [2.24, 2.45) is 7.05 Å². The van der Waals surface area contributed by atoms with E-state index in [0.717, 1.165) is 12.8 Å². The molecule has 0 saturated heterocycles. The normalized spacial score (nSPS) is 10.8. The Kier molecular flexibility index (Phi) is 3.64. The highest BCUT2D eigenvalue weighted by Crippen LogP contribution is 2.31. The van der Waals surface area contributed by atoms with Crippen LogP contribution in [0.15, 0.2) is 23.0 Å². The summed E-state index contributed by atoms with van der Waals surface area (Å²) in [6, 6.07) is 5.03. The molecule has 2 rings (SSSR count). The number of anilines is 1. The molecule has 0 aliphatic carbocycles. The topological polar surface area (TPSA) is 77.5 Å². The Hall–Kier alpha value is -2.17. The predicted molar refractivity (Wildman–Crippen MR) is 75.7 cm³/mol. The van der Waals surface area contributed by atoms with Crippen LogP contribution in [0.5, 0.6) is 11.5 Å². The number of unbranched alkanes of at least 4 members (excludes halogenated alkanes) is 1. The van der Waals surface area contributed by atoms with Gasteiger partial charge in [0.05, 0.1) is 12.1 Å². The first kappa shape index (κ1) is 13.3. The molecule has 0 unspecified atom stereocenters. The molecule has 0 saturated carbocycles. The van der Waals surface area contributed by atoms with Gasteiger partial charge in [-0.05, 0) is 24.6 Å². The summed E-state index contributed by atoms with van der Waals surface area (Å²) in [6.45, 7) is 2.45. The summed E-state index contributed by atoms with van der Waals surface area (Å²) in [6.07, 6.45) is 1.80. The van der Waals surface area contributed by atoms with E-state index in [0.29, 0.717) is 23.2 Å². The Morgan fingerprint density at radius 1 is 1.42 bits per heavy atom. The first-order valence-electron chi connectivity index (χ1n) is 6.30. The van der Waals surface area contributed by atoms with Crippen molar-refractivity contribution in [3.8, 4) is 11.5 Å². The fourth-order valence-electron chi connectivity index (χ4n) is 1.96. The monoisotopic (exact) mass is 262 g/mol. The van der Waals surface area contributed by atoms with E-state index in [-0.39, 0.29) is 17.1 Å². The number of fused-ring (bicyclic) bond motifs is 1. The highest BCUT2D eigenvalue weighted by Gasteiger charge is 2.15. The lowest BCUT2D eigenvalue weighted by Crippen LogP contribution is -2.20. The Morgan fingerprint density at radius 3 is 2.84 bits per heavy atom. The van der Waals surface area contributed by atoms with Crippen LogP contribution in [0.3, 0.4) is 0 Å². The Labute approximate surface area is 111 Å². The summed E-state index contributed by atoms with van der Waals surface area (Å²) in [4.78, 5) is 12.1. The van der Waals surface area contributed by atoms with Crippen LogP contribution >= 0.6 is 0 Å². The SMILES string of the molecule is CCCCOc1c(O)c2ccc(N)cc2n(C)c1=O. The second-order valence-electron chi connectivity index (χ2n) is 4.52. The largest absolute Gasteiger partial charge is 0.504 e. The molecular weight excluding hydrogens is 244 g/mol. The van der Waals surface area contributed by atoms with Gasteiger partial charge in [-0.2, -0.15) is 0 Å². The van der Waals surface area contributed by atoms with Gasteiger partial charge in [0.15, 0.2) is 5.75 Å². The van der Waals surface area contributed by atoms with Gasteiger partial charge in [0.25, 0.3) is 5.56 Å². The van der Waals surface area contributed by atoms with Gasteiger partial charge >= 0.3 is 0 Å². The molecule has 0 radical (unpaired) electrons. The lowest BCUT2D eigenvalue weighted by Gasteiger charge is -2.12. The molecule has 0 amide bonds. The third kappa shape index (κ3) is 2.36. The molecule has 3 N–H and O–H groups in total. The lowest BCUT2D eigenvalue weighted by atomic mass is 10.1. The van der Waals surface area contributed by atoms with E-state index in [4.69, 9.17) is 10.5 Å². The molecule has 0 spiro atoms. The van der Waals surface area contributed by atoms with Crippen molar-refractivity contribution < 1.29 is 9.84 Å². The van der Waals surface area contributed by atoms with Crippen LogP contribution in [0.2, 0.25) is 0 Å². The molecule has 1 aromatic carbocycles. The number of nitrogens with zero attached hydrogens (tertiary/aromatic N) is 1. The number of nitrogen functional groups attached to an aromatic ring is 1. The maximum Gasteiger partial charge on any atom is 0.297 e. The van der Waals surface area contributed by atoms with Gasteiger partial charge in [-0.1, -0.05) is 13.3 Å². The molecule has 102 valence electrons. The highest BCUT2D eigenvalue weighted by atomic mass is 16.5. The number of aryl methyl sites for hydroxylation is 1. The van der Waals surface area contributed by atoms with Crippen molar-refractivity contribution in [3.63, 3.8) is 0 Å². The van der Waals surface area contributed by atoms with Gasteiger partial charge in [-0.25, -0.2) is 0 Å². The number of hydrogen-bond acceptors (Lipinski definition) is 4. The number of rotatable bonds is 4. The van der Waals surface area contributed by atoms with Gasteiger partial charge in [0, 0.05) is 18.1 Å². The van der Waals surface area contributed by atoms with Gasteiger partial charge in [0.1, 0.15) is 0 Å². The average molecular weight is 262 g/mol. The van der Waals surface area contributed by atoms with Gasteiger partial charge in [-0.3, -0.25) is 4.79 Å². The van der Waals surface area contributed by atoms with Crippen LogP contribution in [0.4, 0.5) is 5.69 Å². The van der Waals surface area contributed by atoms with E-state index in [9.17, 15) is 9.90 Å². The maximum atomic E-state index is 12.1. The van der Waals surface area contributed by atoms with Crippen LogP contribution < -0.4 is 16.0 Å². The minimum Gasteiger partial charge on any atom is -0.504 e. The fourth-order valence-corrected chi connectivity index (χ4v) is 1.96. The molecule has 0 bridgehead atoms. The van der Waals surface area contributed by atoms with Crippen LogP contribution in [0.25, 0.3) is 10.9 Å². The minimum absolute atomic E-state index is 0.00761. The Balaban J connectivity index is 2.60. The molecule has 1 heterocycles. The second kappa shape index (κ2) is 5.22. The van der Waals surface area contributed by atoms with Crippen molar-refractivity contribution in [2.45, 2.75) is 19.8 Å². The van der Waals surface area contributed by atoms with E-state index >= 15 is 0 Å². The zero-order chi connectivity index (χ0) is 14.0. The van der Waals surface area contributed by atoms with Crippen molar-refractivity contribution in [1.29, 1.82) is 0 Å². The number of aromatic hydroxyl groups is 1. The van der Waals surface area contributed by atoms with Crippen molar-refractivity contribution in [1.82, 2.24) is 4.57 Å². The summed E-state index contributed by atoms with van der Waals surface area (Å²) < 4.78 is 6.85. The Morgan fingerprint density at radius 2 is 2.16 bits per heavy atom. The van der Waals surface area contributed by atoms with Crippen LogP contribution in [0, 0.1) is 0 Å². The molecule has 2 aromatic rings. The van der Waals surface area contributed by atoms with E-state index in [1.165, 1.54) is 4.57 Å². The average Bonchev–Trinajstić information content (AvgIpc) is 2.40. The number of hydrogen-bond donors (Lipinski definition) is 2. The molecule has 0 aliphatic heterocycles. The lowest BCUT2D eigenvalue weighted by molar-refractivity contribution is 0.288. The summed E-state index contributed by atoms with van der Waals surface area (Å²) >= 11 is 0. The highest BCUT2D eigenvalue weighted by molar-refractivity contribution is 5.89. The summed E-state index contributed by atoms with van der Waals surface area (Å²) in [5, 5.41) is 10.7. The van der Waals surface area contributed by atoms with Crippen LogP contribution in [-0.4, -0.2) is 16.3 Å². The summed E-state index contributed by atoms with van der Waals surface area (Å²) in [5.41, 5.74) is 6.48. The third-order valence-electron chi connectivity index (χ3n) is 3.10. The van der Waals surface area contributed by atoms with Gasteiger partial charge in [-0.15, -0.1) is 0 Å². The number of benzene rings is 1. The minimum atomic E-state index is -0.355. The smallest absolute Gasteiger partial charge is 0.297 e. The van der Waals surface area contributed by atoms with E-state index in [2.05, 4.69) is 0 Å². The number of ether oxygens (including phenoxy) is 1. The number of nitrogens with two attached hydrogens (primary N) is 1. The van der Waals surface area contributed by atoms with Gasteiger partial charge < -0.3 is 20.1 Å². The zero-order valence-electron chi connectivity index (χ0n) is 11.1. The first-order valence-corrected chi connectivity index (χ1v) is 6.30. The molecule has 5 nitrogen and oxygen atoms in total. The van der Waals surface area contributed by atoms with Crippen molar-refractivity contribution >= 4 is 16.6 Å². The standard InChI is InChI=1S/C14H18N2O3/c1-3-4-7-19-13-12(17)10-6-5-9(15)8-11(10)16(2)14(13)18/h5-6,8,17H,3-4,7,15H2,1-2H3. The van der Waals surface area contributed by atoms with Gasteiger partial charge in [0.2, 0.25) is 5.75 Å². The zero-order valence-corrected chi connectivity index (χ0v) is 11.1.